The third-order valence-corrected chi connectivity index (χ3v) is 6.12. The number of amides is 1. The van der Waals surface area contributed by atoms with Crippen molar-refractivity contribution in [2.45, 2.75) is 38.3 Å². The predicted molar refractivity (Wildman–Crippen MR) is 111 cm³/mol. The molecule has 0 bridgehead atoms. The van der Waals surface area contributed by atoms with Crippen molar-refractivity contribution in [2.75, 3.05) is 13.1 Å². The molecule has 3 aromatic rings. The minimum absolute atomic E-state index is 0.140. The molecule has 1 aromatic heterocycles. The first kappa shape index (κ1) is 18.1. The number of rotatable bonds is 6. The first-order valence-corrected chi connectivity index (χ1v) is 10.5. The Kier molecular flexibility index (Phi) is 5.80. The normalized spacial score (nSPS) is 17.9. The van der Waals surface area contributed by atoms with Gasteiger partial charge in [0.1, 0.15) is 0 Å². The van der Waals surface area contributed by atoms with Crippen LogP contribution in [-0.2, 0) is 17.8 Å². The highest BCUT2D eigenvalue weighted by atomic mass is 32.1. The van der Waals surface area contributed by atoms with Crippen molar-refractivity contribution in [3.63, 3.8) is 0 Å². The Hall–Kier alpha value is -2.24. The smallest absolute Gasteiger partial charge is 0.220 e. The minimum atomic E-state index is 0.140. The second-order valence-corrected chi connectivity index (χ2v) is 8.32. The third kappa shape index (κ3) is 4.93. The van der Waals surface area contributed by atoms with Crippen molar-refractivity contribution >= 4 is 27.5 Å². The van der Waals surface area contributed by atoms with Crippen LogP contribution in [0.3, 0.4) is 0 Å². The summed E-state index contributed by atoms with van der Waals surface area (Å²) in [5.74, 6) is 0.140. The molecule has 1 aliphatic heterocycles. The van der Waals surface area contributed by atoms with Crippen molar-refractivity contribution in [1.82, 2.24) is 15.2 Å². The summed E-state index contributed by atoms with van der Waals surface area (Å²) < 4.78 is 1.19. The molecule has 1 fully saturated rings. The second kappa shape index (κ2) is 8.63. The molecule has 2 aromatic carbocycles. The van der Waals surface area contributed by atoms with Gasteiger partial charge in [-0.1, -0.05) is 42.5 Å². The number of benzene rings is 2. The molecule has 5 heteroatoms. The van der Waals surface area contributed by atoms with E-state index >= 15 is 0 Å². The van der Waals surface area contributed by atoms with E-state index in [1.165, 1.54) is 10.3 Å². The first-order chi connectivity index (χ1) is 13.3. The Balaban J connectivity index is 1.26. The van der Waals surface area contributed by atoms with E-state index in [-0.39, 0.29) is 11.9 Å². The fraction of sp³-hybridized carbons (Fsp3) is 0.364. The molecule has 1 N–H and O–H groups in total. The molecule has 4 nitrogen and oxygen atoms in total. The molecule has 0 saturated carbocycles. The molecular weight excluding hydrogens is 354 g/mol. The van der Waals surface area contributed by atoms with Gasteiger partial charge in [0.2, 0.25) is 5.91 Å². The van der Waals surface area contributed by atoms with Gasteiger partial charge in [0.05, 0.1) is 15.2 Å². The maximum atomic E-state index is 12.4. The van der Waals surface area contributed by atoms with Crippen LogP contribution in [0.1, 0.15) is 29.8 Å². The predicted octanol–water partition coefficient (Wildman–Crippen LogP) is 4.01. The molecule has 27 heavy (non-hydrogen) atoms. The van der Waals surface area contributed by atoms with E-state index in [1.807, 2.05) is 24.3 Å². The zero-order valence-electron chi connectivity index (χ0n) is 15.4. The molecule has 1 aliphatic rings. The molecule has 1 atom stereocenters. The van der Waals surface area contributed by atoms with Crippen LogP contribution in [0.5, 0.6) is 0 Å². The fourth-order valence-corrected chi connectivity index (χ4v) is 4.67. The maximum Gasteiger partial charge on any atom is 0.220 e. The number of aromatic nitrogens is 1. The topological polar surface area (TPSA) is 45.2 Å². The molecule has 0 spiro atoms. The fourth-order valence-electron chi connectivity index (χ4n) is 3.71. The average Bonchev–Trinajstić information content (AvgIpc) is 3.11. The number of nitrogens with one attached hydrogen (secondary N) is 1. The minimum Gasteiger partial charge on any atom is -0.352 e. The Morgan fingerprint density at radius 2 is 1.96 bits per heavy atom. The van der Waals surface area contributed by atoms with E-state index in [2.05, 4.69) is 45.5 Å². The van der Waals surface area contributed by atoms with Crippen molar-refractivity contribution in [3.05, 3.63) is 65.2 Å². The van der Waals surface area contributed by atoms with Gasteiger partial charge in [0.15, 0.2) is 0 Å². The number of carbonyl (C=O) groups excluding carboxylic acids is 1. The summed E-state index contributed by atoms with van der Waals surface area (Å²) in [5, 5.41) is 4.28. The number of aryl methyl sites for hydroxylation is 1. The molecule has 1 amide bonds. The lowest BCUT2D eigenvalue weighted by molar-refractivity contribution is -0.122. The lowest BCUT2D eigenvalue weighted by Gasteiger charge is -2.33. The van der Waals surface area contributed by atoms with E-state index in [4.69, 9.17) is 0 Å². The number of nitrogens with zero attached hydrogens (tertiary/aromatic N) is 2. The van der Waals surface area contributed by atoms with Crippen molar-refractivity contribution in [1.29, 1.82) is 0 Å². The van der Waals surface area contributed by atoms with Gasteiger partial charge >= 0.3 is 0 Å². The van der Waals surface area contributed by atoms with Gasteiger partial charge < -0.3 is 5.32 Å². The summed E-state index contributed by atoms with van der Waals surface area (Å²) in [6.45, 7) is 2.99. The van der Waals surface area contributed by atoms with Crippen LogP contribution >= 0.6 is 11.3 Å². The number of likely N-dealkylation sites (tertiary alicyclic amines) is 1. The Labute approximate surface area is 164 Å². The number of hydrogen-bond acceptors (Lipinski definition) is 4. The second-order valence-electron chi connectivity index (χ2n) is 7.20. The van der Waals surface area contributed by atoms with Crippen LogP contribution in [0, 0.1) is 0 Å². The molecular formula is C22H25N3OS. The summed E-state index contributed by atoms with van der Waals surface area (Å²) in [5.41, 5.74) is 2.36. The van der Waals surface area contributed by atoms with Gasteiger partial charge in [-0.05, 0) is 37.1 Å². The summed E-state index contributed by atoms with van der Waals surface area (Å²) in [4.78, 5) is 19.5. The van der Waals surface area contributed by atoms with Gasteiger partial charge in [-0.25, -0.2) is 4.98 Å². The molecule has 1 unspecified atom stereocenters. The average molecular weight is 380 g/mol. The number of thiazole rings is 1. The lowest BCUT2D eigenvalue weighted by atomic mass is 10.0. The quantitative estimate of drug-likeness (QED) is 0.704. The summed E-state index contributed by atoms with van der Waals surface area (Å²) >= 11 is 1.69. The number of fused-ring (bicyclic) bond motifs is 1. The van der Waals surface area contributed by atoms with Gasteiger partial charge in [0.25, 0.3) is 0 Å². The Morgan fingerprint density at radius 3 is 2.81 bits per heavy atom. The number of piperidine rings is 1. The molecule has 0 radical (unpaired) electrons. The summed E-state index contributed by atoms with van der Waals surface area (Å²) in [6.07, 6.45) is 3.43. The van der Waals surface area contributed by atoms with Crippen LogP contribution < -0.4 is 5.32 Å². The highest BCUT2D eigenvalue weighted by Crippen LogP contribution is 2.22. The van der Waals surface area contributed by atoms with Crippen molar-refractivity contribution in [2.24, 2.45) is 0 Å². The monoisotopic (exact) mass is 379 g/mol. The van der Waals surface area contributed by atoms with Crippen molar-refractivity contribution < 1.29 is 4.79 Å². The SMILES string of the molecule is O=C(CCc1nc2ccccc2s1)NC1CCCN(Cc2ccccc2)C1. The van der Waals surface area contributed by atoms with Crippen LogP contribution in [0.2, 0.25) is 0 Å². The first-order valence-electron chi connectivity index (χ1n) is 9.66. The zero-order chi connectivity index (χ0) is 18.5. The number of para-hydroxylation sites is 1. The van der Waals surface area contributed by atoms with Gasteiger partial charge in [0, 0.05) is 32.0 Å². The van der Waals surface area contributed by atoms with Crippen molar-refractivity contribution in [3.8, 4) is 0 Å². The molecule has 4 rings (SSSR count). The van der Waals surface area contributed by atoms with Gasteiger partial charge in [-0.2, -0.15) is 0 Å². The standard InChI is InChI=1S/C22H25N3OS/c26-21(12-13-22-24-19-10-4-5-11-20(19)27-22)23-18-9-6-14-25(16-18)15-17-7-2-1-3-8-17/h1-5,7-8,10-11,18H,6,9,12-16H2,(H,23,26). The van der Waals surface area contributed by atoms with E-state index in [0.29, 0.717) is 12.8 Å². The maximum absolute atomic E-state index is 12.4. The highest BCUT2D eigenvalue weighted by molar-refractivity contribution is 7.18. The van der Waals surface area contributed by atoms with E-state index < -0.39 is 0 Å². The Bertz CT molecular complexity index is 860. The molecule has 0 aliphatic carbocycles. The number of hydrogen-bond donors (Lipinski definition) is 1. The van der Waals surface area contributed by atoms with Crippen LogP contribution in [0.15, 0.2) is 54.6 Å². The number of carbonyl (C=O) groups is 1. The molecule has 2 heterocycles. The lowest BCUT2D eigenvalue weighted by Crippen LogP contribution is -2.47. The van der Waals surface area contributed by atoms with Gasteiger partial charge in [-0.3, -0.25) is 9.69 Å². The van der Waals surface area contributed by atoms with E-state index in [9.17, 15) is 4.79 Å². The van der Waals surface area contributed by atoms with Crippen LogP contribution in [-0.4, -0.2) is 34.9 Å². The summed E-state index contributed by atoms with van der Waals surface area (Å²) in [6, 6.07) is 18.9. The third-order valence-electron chi connectivity index (χ3n) is 5.02. The Morgan fingerprint density at radius 1 is 1.15 bits per heavy atom. The largest absolute Gasteiger partial charge is 0.352 e. The molecule has 140 valence electrons. The molecule has 1 saturated heterocycles. The van der Waals surface area contributed by atoms with E-state index in [0.717, 1.165) is 43.0 Å². The summed E-state index contributed by atoms with van der Waals surface area (Å²) in [7, 11) is 0. The highest BCUT2D eigenvalue weighted by Gasteiger charge is 2.21. The zero-order valence-corrected chi connectivity index (χ0v) is 16.3. The van der Waals surface area contributed by atoms with Crippen LogP contribution in [0.4, 0.5) is 0 Å². The van der Waals surface area contributed by atoms with E-state index in [1.54, 1.807) is 11.3 Å². The van der Waals surface area contributed by atoms with Crippen LogP contribution in [0.25, 0.3) is 10.2 Å². The van der Waals surface area contributed by atoms with Gasteiger partial charge in [-0.15, -0.1) is 11.3 Å².